The molecule has 0 saturated heterocycles. The third-order valence-electron chi connectivity index (χ3n) is 5.35. The molecule has 0 N–H and O–H groups in total. The van der Waals surface area contributed by atoms with Crippen LogP contribution < -0.4 is 9.21 Å². The van der Waals surface area contributed by atoms with E-state index in [1.54, 1.807) is 53.1 Å². The van der Waals surface area contributed by atoms with Crippen molar-refractivity contribution in [1.82, 2.24) is 0 Å². The second kappa shape index (κ2) is 8.77. The molecule has 7 heteroatoms. The molecule has 3 aromatic carbocycles. The highest BCUT2D eigenvalue weighted by atomic mass is 32.2. The Hall–Kier alpha value is -2.77. The summed E-state index contributed by atoms with van der Waals surface area (Å²) in [4.78, 5) is 16.4. The number of hydrogen-bond donors (Lipinski definition) is 0. The summed E-state index contributed by atoms with van der Waals surface area (Å²) in [5.41, 5.74) is 1.79. The standard InChI is InChI=1S/C24H24N2O3S2/c1-18-15-16-26(22-13-6-7-14-23(22)30-18)24(27)19-9-8-12-21(17-19)31(28,29)25(2)20-10-4-3-5-11-20/h3-14,17-18H,15-16H2,1-2H3. The summed E-state index contributed by atoms with van der Waals surface area (Å²) < 4.78 is 27.6. The molecule has 5 nitrogen and oxygen atoms in total. The second-order valence-electron chi connectivity index (χ2n) is 7.48. The Kier molecular flexibility index (Phi) is 6.07. The first kappa shape index (κ1) is 21.5. The Balaban J connectivity index is 1.68. The fraction of sp³-hybridized carbons (Fsp3) is 0.208. The van der Waals surface area contributed by atoms with Crippen LogP contribution in [0.4, 0.5) is 11.4 Å². The zero-order valence-corrected chi connectivity index (χ0v) is 19.1. The van der Waals surface area contributed by atoms with Gasteiger partial charge in [-0.05, 0) is 48.9 Å². The summed E-state index contributed by atoms with van der Waals surface area (Å²) in [5.74, 6) is -0.193. The van der Waals surface area contributed by atoms with Crippen LogP contribution in [0.1, 0.15) is 23.7 Å². The van der Waals surface area contributed by atoms with Crippen molar-refractivity contribution in [2.24, 2.45) is 0 Å². The molecular formula is C24H24N2O3S2. The number of thioether (sulfide) groups is 1. The number of hydrogen-bond acceptors (Lipinski definition) is 4. The van der Waals surface area contributed by atoms with Gasteiger partial charge in [0.1, 0.15) is 0 Å². The van der Waals surface area contributed by atoms with Crippen LogP contribution in [0, 0.1) is 0 Å². The number of sulfonamides is 1. The summed E-state index contributed by atoms with van der Waals surface area (Å²) in [7, 11) is -2.28. The molecule has 0 saturated carbocycles. The number of amides is 1. The molecule has 0 fully saturated rings. The van der Waals surface area contributed by atoms with Crippen molar-refractivity contribution in [3.63, 3.8) is 0 Å². The lowest BCUT2D eigenvalue weighted by Crippen LogP contribution is -2.32. The predicted octanol–water partition coefficient (Wildman–Crippen LogP) is 5.04. The Morgan fingerprint density at radius 1 is 1.00 bits per heavy atom. The van der Waals surface area contributed by atoms with E-state index in [1.165, 1.54) is 23.5 Å². The van der Waals surface area contributed by atoms with E-state index in [4.69, 9.17) is 0 Å². The van der Waals surface area contributed by atoms with Gasteiger partial charge in [0, 0.05) is 29.3 Å². The van der Waals surface area contributed by atoms with Gasteiger partial charge in [0.15, 0.2) is 0 Å². The molecule has 1 aliphatic rings. The molecule has 1 atom stereocenters. The normalized spacial score (nSPS) is 16.3. The van der Waals surface area contributed by atoms with Crippen LogP contribution >= 0.6 is 11.8 Å². The molecule has 0 spiro atoms. The minimum Gasteiger partial charge on any atom is -0.307 e. The Morgan fingerprint density at radius 3 is 2.48 bits per heavy atom. The van der Waals surface area contributed by atoms with Crippen molar-refractivity contribution in [1.29, 1.82) is 0 Å². The lowest BCUT2D eigenvalue weighted by molar-refractivity contribution is 0.0986. The molecule has 3 aromatic rings. The van der Waals surface area contributed by atoms with Crippen molar-refractivity contribution in [3.05, 3.63) is 84.4 Å². The number of carbonyl (C=O) groups excluding carboxylic acids is 1. The van der Waals surface area contributed by atoms with Crippen molar-refractivity contribution < 1.29 is 13.2 Å². The van der Waals surface area contributed by atoms with E-state index in [1.807, 2.05) is 30.3 Å². The molecule has 1 aliphatic heterocycles. The number of rotatable bonds is 4. The van der Waals surface area contributed by atoms with Crippen molar-refractivity contribution >= 4 is 39.1 Å². The maximum absolute atomic E-state index is 13.4. The summed E-state index contributed by atoms with van der Waals surface area (Å²) in [5, 5.41) is 0.394. The minimum absolute atomic E-state index is 0.0931. The summed E-state index contributed by atoms with van der Waals surface area (Å²) in [6.07, 6.45) is 0.861. The molecule has 1 amide bonds. The molecule has 160 valence electrons. The Morgan fingerprint density at radius 2 is 1.71 bits per heavy atom. The molecular weight excluding hydrogens is 428 g/mol. The fourth-order valence-electron chi connectivity index (χ4n) is 3.58. The first-order valence-electron chi connectivity index (χ1n) is 10.1. The van der Waals surface area contributed by atoms with Gasteiger partial charge in [0.05, 0.1) is 16.3 Å². The topological polar surface area (TPSA) is 57.7 Å². The molecule has 1 unspecified atom stereocenters. The predicted molar refractivity (Wildman–Crippen MR) is 127 cm³/mol. The molecule has 0 aliphatic carbocycles. The highest BCUT2D eigenvalue weighted by Gasteiger charge is 2.27. The summed E-state index contributed by atoms with van der Waals surface area (Å²) in [6, 6.07) is 23.0. The van der Waals surface area contributed by atoms with E-state index < -0.39 is 10.0 Å². The van der Waals surface area contributed by atoms with Gasteiger partial charge < -0.3 is 4.90 Å². The highest BCUT2D eigenvalue weighted by molar-refractivity contribution is 8.00. The van der Waals surface area contributed by atoms with Crippen molar-refractivity contribution in [2.75, 3.05) is 22.8 Å². The molecule has 1 heterocycles. The summed E-state index contributed by atoms with van der Waals surface area (Å²) in [6.45, 7) is 2.74. The average Bonchev–Trinajstić information content (AvgIpc) is 2.97. The number of nitrogens with zero attached hydrogens (tertiary/aromatic N) is 2. The van der Waals surface area contributed by atoms with Gasteiger partial charge in [-0.15, -0.1) is 11.8 Å². The zero-order chi connectivity index (χ0) is 22.0. The number of benzene rings is 3. The maximum atomic E-state index is 13.4. The smallest absolute Gasteiger partial charge is 0.264 e. The van der Waals surface area contributed by atoms with Gasteiger partial charge in [0.2, 0.25) is 0 Å². The van der Waals surface area contributed by atoms with Crippen LogP contribution in [0.3, 0.4) is 0 Å². The fourth-order valence-corrected chi connectivity index (χ4v) is 5.93. The van der Waals surface area contributed by atoms with Crippen LogP contribution in [-0.4, -0.2) is 33.2 Å². The lowest BCUT2D eigenvalue weighted by Gasteiger charge is -2.23. The van der Waals surface area contributed by atoms with Gasteiger partial charge in [-0.3, -0.25) is 9.10 Å². The van der Waals surface area contributed by atoms with Gasteiger partial charge >= 0.3 is 0 Å². The van der Waals surface area contributed by atoms with Crippen LogP contribution in [-0.2, 0) is 10.0 Å². The van der Waals surface area contributed by atoms with E-state index in [0.717, 1.165) is 17.0 Å². The van der Waals surface area contributed by atoms with E-state index in [2.05, 4.69) is 6.92 Å². The molecule has 0 radical (unpaired) electrons. The van der Waals surface area contributed by atoms with Gasteiger partial charge in [-0.2, -0.15) is 0 Å². The minimum atomic E-state index is -3.80. The van der Waals surface area contributed by atoms with E-state index in [-0.39, 0.29) is 10.8 Å². The lowest BCUT2D eigenvalue weighted by atomic mass is 10.1. The second-order valence-corrected chi connectivity index (χ2v) is 10.9. The average molecular weight is 453 g/mol. The third kappa shape index (κ3) is 4.34. The van der Waals surface area contributed by atoms with Gasteiger partial charge in [-0.25, -0.2) is 8.42 Å². The molecule has 4 rings (SSSR count). The number of fused-ring (bicyclic) bond motifs is 1. The van der Waals surface area contributed by atoms with Crippen LogP contribution in [0.2, 0.25) is 0 Å². The SMILES string of the molecule is CC1CCN(C(=O)c2cccc(S(=O)(=O)N(C)c3ccccc3)c2)c2ccccc2S1. The van der Waals surface area contributed by atoms with Crippen molar-refractivity contribution in [2.45, 2.75) is 28.4 Å². The van der Waals surface area contributed by atoms with Gasteiger partial charge in [-0.1, -0.05) is 43.3 Å². The first-order chi connectivity index (χ1) is 14.9. The first-order valence-corrected chi connectivity index (χ1v) is 12.4. The van der Waals surface area contributed by atoms with Crippen LogP contribution in [0.25, 0.3) is 0 Å². The van der Waals surface area contributed by atoms with Crippen LogP contribution in [0.15, 0.2) is 88.7 Å². The molecule has 31 heavy (non-hydrogen) atoms. The quantitative estimate of drug-likeness (QED) is 0.556. The van der Waals surface area contributed by atoms with E-state index in [0.29, 0.717) is 23.0 Å². The van der Waals surface area contributed by atoms with E-state index >= 15 is 0 Å². The largest absolute Gasteiger partial charge is 0.307 e. The van der Waals surface area contributed by atoms with Crippen LogP contribution in [0.5, 0.6) is 0 Å². The Labute approximate surface area is 187 Å². The summed E-state index contributed by atoms with van der Waals surface area (Å²) >= 11 is 1.76. The monoisotopic (exact) mass is 452 g/mol. The van der Waals surface area contributed by atoms with E-state index in [9.17, 15) is 13.2 Å². The third-order valence-corrected chi connectivity index (χ3v) is 8.37. The van der Waals surface area contributed by atoms with Gasteiger partial charge in [0.25, 0.3) is 15.9 Å². The number of para-hydroxylation sites is 2. The molecule has 0 aromatic heterocycles. The number of anilines is 2. The zero-order valence-electron chi connectivity index (χ0n) is 17.4. The number of carbonyl (C=O) groups is 1. The molecule has 0 bridgehead atoms. The highest BCUT2D eigenvalue weighted by Crippen LogP contribution is 2.38. The van der Waals surface area contributed by atoms with Crippen molar-refractivity contribution in [3.8, 4) is 0 Å². The maximum Gasteiger partial charge on any atom is 0.264 e. The Bertz CT molecular complexity index is 1200.